The van der Waals surface area contributed by atoms with Crippen LogP contribution in [0.15, 0.2) is 29.4 Å². The quantitative estimate of drug-likeness (QED) is 0.778. The zero-order valence-corrected chi connectivity index (χ0v) is 13.8. The topological polar surface area (TPSA) is 55.7 Å². The second-order valence-corrected chi connectivity index (χ2v) is 8.95. The van der Waals surface area contributed by atoms with Gasteiger partial charge in [0.15, 0.2) is 5.04 Å². The fourth-order valence-electron chi connectivity index (χ4n) is 1.85. The highest BCUT2D eigenvalue weighted by molar-refractivity contribution is 8.09. The van der Waals surface area contributed by atoms with E-state index in [0.717, 1.165) is 6.07 Å². The van der Waals surface area contributed by atoms with Gasteiger partial charge in [0.25, 0.3) is 0 Å². The second kappa shape index (κ2) is 5.41. The van der Waals surface area contributed by atoms with E-state index in [9.17, 15) is 12.8 Å². The molecule has 1 heterocycles. The summed E-state index contributed by atoms with van der Waals surface area (Å²) in [7, 11) is -4.20. The van der Waals surface area contributed by atoms with Crippen LogP contribution >= 0.6 is 23.2 Å². The molecular weight excluding hydrogens is 340 g/mol. The Morgan fingerprint density at radius 2 is 2.14 bits per heavy atom. The van der Waals surface area contributed by atoms with Crippen LogP contribution in [0.25, 0.3) is 0 Å². The third-order valence-electron chi connectivity index (χ3n) is 3.45. The van der Waals surface area contributed by atoms with E-state index in [-0.39, 0.29) is 17.0 Å². The Hall–Kier alpha value is -0.850. The molecule has 4 nitrogen and oxygen atoms in total. The lowest BCUT2D eigenvalue weighted by molar-refractivity contribution is -0.00604. The van der Waals surface area contributed by atoms with Gasteiger partial charge >= 0.3 is 0 Å². The van der Waals surface area contributed by atoms with Gasteiger partial charge in [-0.2, -0.15) is 0 Å². The standard InChI is InChI=1S/C13H14Cl2FNO3S/c1-3-12(2)8-11(17-20-12)21(18,19)13(14,15)9-5-4-6-10(16)7-9/h4-7H,3,8H2,1-2H3. The van der Waals surface area contributed by atoms with E-state index in [1.807, 2.05) is 6.92 Å². The summed E-state index contributed by atoms with van der Waals surface area (Å²) < 4.78 is 36.1. The van der Waals surface area contributed by atoms with Gasteiger partial charge in [-0.15, -0.1) is 0 Å². The summed E-state index contributed by atoms with van der Waals surface area (Å²) in [6, 6.07) is 4.83. The number of hydrogen-bond acceptors (Lipinski definition) is 4. The van der Waals surface area contributed by atoms with Crippen molar-refractivity contribution in [3.8, 4) is 0 Å². The van der Waals surface area contributed by atoms with Crippen LogP contribution in [-0.4, -0.2) is 19.1 Å². The molecule has 0 radical (unpaired) electrons. The van der Waals surface area contributed by atoms with Gasteiger partial charge in [-0.05, 0) is 25.5 Å². The van der Waals surface area contributed by atoms with Crippen LogP contribution < -0.4 is 0 Å². The molecule has 8 heteroatoms. The van der Waals surface area contributed by atoms with Crippen molar-refractivity contribution in [1.29, 1.82) is 0 Å². The highest BCUT2D eigenvalue weighted by Gasteiger charge is 2.50. The number of oxime groups is 1. The number of nitrogens with zero attached hydrogens (tertiary/aromatic N) is 1. The Bertz CT molecular complexity index is 690. The average molecular weight is 354 g/mol. The van der Waals surface area contributed by atoms with Crippen molar-refractivity contribution in [3.05, 3.63) is 35.6 Å². The van der Waals surface area contributed by atoms with Gasteiger partial charge in [0.1, 0.15) is 11.4 Å². The molecule has 1 aromatic rings. The second-order valence-electron chi connectivity index (χ2n) is 5.09. The smallest absolute Gasteiger partial charge is 0.248 e. The Morgan fingerprint density at radius 1 is 1.48 bits per heavy atom. The van der Waals surface area contributed by atoms with Gasteiger partial charge < -0.3 is 4.84 Å². The molecular formula is C13H14Cl2FNO3S. The van der Waals surface area contributed by atoms with E-state index in [2.05, 4.69) is 5.16 Å². The number of sulfone groups is 1. The van der Waals surface area contributed by atoms with Crippen molar-refractivity contribution < 1.29 is 17.6 Å². The first-order valence-electron chi connectivity index (χ1n) is 6.26. The monoisotopic (exact) mass is 353 g/mol. The first-order chi connectivity index (χ1) is 9.62. The molecule has 0 spiro atoms. The molecule has 0 saturated heterocycles. The Balaban J connectivity index is 2.40. The predicted octanol–water partition coefficient (Wildman–Crippen LogP) is 3.73. The van der Waals surface area contributed by atoms with Crippen molar-refractivity contribution in [2.24, 2.45) is 5.16 Å². The predicted molar refractivity (Wildman–Crippen MR) is 80.5 cm³/mol. The number of hydrogen-bond donors (Lipinski definition) is 0. The van der Waals surface area contributed by atoms with Crippen LogP contribution in [0.3, 0.4) is 0 Å². The summed E-state index contributed by atoms with van der Waals surface area (Å²) >= 11 is 12.0. The zero-order chi connectivity index (χ0) is 15.9. The normalized spacial score (nSPS) is 22.8. The lowest BCUT2D eigenvalue weighted by Gasteiger charge is -2.21. The molecule has 0 aromatic heterocycles. The molecule has 1 atom stereocenters. The minimum absolute atomic E-state index is 0.0707. The van der Waals surface area contributed by atoms with E-state index in [4.69, 9.17) is 28.0 Å². The summed E-state index contributed by atoms with van der Waals surface area (Å²) in [6.45, 7) is 3.59. The summed E-state index contributed by atoms with van der Waals surface area (Å²) in [5.74, 6) is -0.628. The van der Waals surface area contributed by atoms with Gasteiger partial charge in [0, 0.05) is 12.0 Å². The Kier molecular flexibility index (Phi) is 4.26. The van der Waals surface area contributed by atoms with Crippen LogP contribution in [0.2, 0.25) is 0 Å². The first-order valence-corrected chi connectivity index (χ1v) is 8.50. The lowest BCUT2D eigenvalue weighted by atomic mass is 10.0. The van der Waals surface area contributed by atoms with Crippen LogP contribution in [0, 0.1) is 5.82 Å². The van der Waals surface area contributed by atoms with Gasteiger partial charge in [-0.25, -0.2) is 12.8 Å². The third kappa shape index (κ3) is 2.89. The van der Waals surface area contributed by atoms with E-state index >= 15 is 0 Å². The van der Waals surface area contributed by atoms with Gasteiger partial charge in [0.2, 0.25) is 13.5 Å². The van der Waals surface area contributed by atoms with Crippen molar-refractivity contribution in [1.82, 2.24) is 0 Å². The highest BCUT2D eigenvalue weighted by Crippen LogP contribution is 2.43. The summed E-state index contributed by atoms with van der Waals surface area (Å²) in [5.41, 5.74) is -0.771. The molecule has 0 bridgehead atoms. The van der Waals surface area contributed by atoms with Gasteiger partial charge in [0.05, 0.1) is 0 Å². The molecule has 1 aliphatic heterocycles. The molecule has 0 aliphatic carbocycles. The zero-order valence-electron chi connectivity index (χ0n) is 11.4. The molecule has 0 saturated carbocycles. The Labute approximate surface area is 132 Å². The van der Waals surface area contributed by atoms with Crippen LogP contribution in [0.1, 0.15) is 32.3 Å². The van der Waals surface area contributed by atoms with E-state index in [1.54, 1.807) is 6.92 Å². The number of rotatable bonds is 3. The molecule has 1 aromatic carbocycles. The molecule has 0 amide bonds. The highest BCUT2D eigenvalue weighted by atomic mass is 35.5. The minimum atomic E-state index is -4.20. The number of alkyl halides is 2. The van der Waals surface area contributed by atoms with Gasteiger partial charge in [-0.1, -0.05) is 47.4 Å². The maximum atomic E-state index is 13.3. The van der Waals surface area contributed by atoms with E-state index in [1.165, 1.54) is 18.2 Å². The minimum Gasteiger partial charge on any atom is -0.388 e. The fraction of sp³-hybridized carbons (Fsp3) is 0.462. The SMILES string of the molecule is CCC1(C)CC(S(=O)(=O)C(Cl)(Cl)c2cccc(F)c2)=NO1. The molecule has 0 N–H and O–H groups in total. The van der Waals surface area contributed by atoms with Crippen LogP contribution in [0.4, 0.5) is 4.39 Å². The van der Waals surface area contributed by atoms with E-state index in [0.29, 0.717) is 6.42 Å². The molecule has 116 valence electrons. The maximum absolute atomic E-state index is 13.3. The molecule has 1 unspecified atom stereocenters. The van der Waals surface area contributed by atoms with Crippen molar-refractivity contribution >= 4 is 38.1 Å². The summed E-state index contributed by atoms with van der Waals surface area (Å²) in [6.07, 6.45) is 0.648. The summed E-state index contributed by atoms with van der Waals surface area (Å²) in [4.78, 5) is 5.16. The fourth-order valence-corrected chi connectivity index (χ4v) is 3.99. The lowest BCUT2D eigenvalue weighted by Crippen LogP contribution is -2.33. The van der Waals surface area contributed by atoms with Crippen molar-refractivity contribution in [3.63, 3.8) is 0 Å². The third-order valence-corrected chi connectivity index (χ3v) is 6.85. The van der Waals surface area contributed by atoms with Crippen molar-refractivity contribution in [2.45, 2.75) is 36.0 Å². The molecule has 0 fully saturated rings. The van der Waals surface area contributed by atoms with Crippen molar-refractivity contribution in [2.75, 3.05) is 0 Å². The molecule has 21 heavy (non-hydrogen) atoms. The maximum Gasteiger partial charge on any atom is 0.248 e. The largest absolute Gasteiger partial charge is 0.388 e. The Morgan fingerprint density at radius 3 is 2.67 bits per heavy atom. The average Bonchev–Trinajstić information content (AvgIpc) is 2.82. The van der Waals surface area contributed by atoms with E-state index < -0.39 is 24.9 Å². The number of benzene rings is 1. The first kappa shape index (κ1) is 16.5. The summed E-state index contributed by atoms with van der Waals surface area (Å²) in [5, 5.41) is 3.38. The van der Waals surface area contributed by atoms with Gasteiger partial charge in [-0.3, -0.25) is 0 Å². The number of halogens is 3. The van der Waals surface area contributed by atoms with Crippen LogP contribution in [-0.2, 0) is 18.3 Å². The molecule has 1 aliphatic rings. The van der Waals surface area contributed by atoms with Crippen LogP contribution in [0.5, 0.6) is 0 Å². The molecule has 2 rings (SSSR count).